The molecule has 1 N–H and O–H groups in total. The third-order valence-corrected chi connectivity index (χ3v) is 3.36. The van der Waals surface area contributed by atoms with Gasteiger partial charge in [-0.25, -0.2) is 0 Å². The molecule has 0 saturated carbocycles. The van der Waals surface area contributed by atoms with Crippen molar-refractivity contribution in [2.75, 3.05) is 0 Å². The smallest absolute Gasteiger partial charge is 0.212 e. The average molecular weight is 256 g/mol. The van der Waals surface area contributed by atoms with Crippen LogP contribution in [-0.4, -0.2) is 9.67 Å². The first-order valence-electron chi connectivity index (χ1n) is 4.91. The fourth-order valence-corrected chi connectivity index (χ4v) is 1.98. The third kappa shape index (κ3) is 1.91. The van der Waals surface area contributed by atoms with E-state index >= 15 is 0 Å². The highest BCUT2D eigenvalue weighted by molar-refractivity contribution is 6.42. The number of hydrogen-bond acceptors (Lipinski definition) is 1. The van der Waals surface area contributed by atoms with E-state index in [9.17, 15) is 5.11 Å². The number of benzene rings is 1. The van der Waals surface area contributed by atoms with Crippen molar-refractivity contribution >= 4 is 23.2 Å². The second kappa shape index (κ2) is 4.40. The minimum Gasteiger partial charge on any atom is -0.493 e. The minimum atomic E-state index is -0.00815. The lowest BCUT2D eigenvalue weighted by atomic mass is 10.1. The maximum atomic E-state index is 9.80. The molecule has 0 bridgehead atoms. The van der Waals surface area contributed by atoms with Crippen molar-refractivity contribution in [1.82, 2.24) is 4.57 Å². The Hall–Kier alpha value is -1.12. The molecule has 2 rings (SSSR count). The first-order chi connectivity index (χ1) is 7.61. The van der Waals surface area contributed by atoms with Crippen molar-refractivity contribution in [3.05, 3.63) is 52.1 Å². The summed E-state index contributed by atoms with van der Waals surface area (Å²) in [5, 5.41) is 10.4. The number of rotatable bonds is 2. The molecule has 0 aliphatic heterocycles. The first-order valence-corrected chi connectivity index (χ1v) is 5.66. The van der Waals surface area contributed by atoms with Crippen LogP contribution in [0.25, 0.3) is 0 Å². The molecule has 0 saturated heterocycles. The van der Waals surface area contributed by atoms with Crippen LogP contribution in [0.15, 0.2) is 36.5 Å². The zero-order valence-corrected chi connectivity index (χ0v) is 10.2. The van der Waals surface area contributed by atoms with Crippen molar-refractivity contribution in [3.8, 4) is 5.88 Å². The van der Waals surface area contributed by atoms with Gasteiger partial charge in [-0.3, -0.25) is 0 Å². The number of aromatic nitrogens is 1. The van der Waals surface area contributed by atoms with E-state index in [0.717, 1.165) is 5.56 Å². The van der Waals surface area contributed by atoms with Gasteiger partial charge in [0.05, 0.1) is 11.1 Å². The van der Waals surface area contributed by atoms with Crippen LogP contribution in [0.3, 0.4) is 0 Å². The second-order valence-corrected chi connectivity index (χ2v) is 4.39. The monoisotopic (exact) mass is 255 g/mol. The van der Waals surface area contributed by atoms with Gasteiger partial charge in [-0.2, -0.15) is 0 Å². The molecular formula is C12H11Cl2NO. The van der Waals surface area contributed by atoms with Gasteiger partial charge in [0.15, 0.2) is 0 Å². The Morgan fingerprint density at radius 2 is 1.81 bits per heavy atom. The highest BCUT2D eigenvalue weighted by atomic mass is 35.5. The Kier molecular flexibility index (Phi) is 3.13. The van der Waals surface area contributed by atoms with Crippen molar-refractivity contribution in [1.29, 1.82) is 0 Å². The first kappa shape index (κ1) is 11.4. The van der Waals surface area contributed by atoms with E-state index in [2.05, 4.69) is 0 Å². The number of halogens is 2. The van der Waals surface area contributed by atoms with Crippen molar-refractivity contribution < 1.29 is 5.11 Å². The third-order valence-electron chi connectivity index (χ3n) is 2.60. The standard InChI is InChI=1S/C12H11Cl2NO/c1-8(9-5-3-2-4-6-9)15-7-10(13)11(14)12(15)16/h2-8,16H,1H3. The minimum absolute atomic E-state index is 0.00280. The van der Waals surface area contributed by atoms with Gasteiger partial charge in [-0.05, 0) is 12.5 Å². The SMILES string of the molecule is CC(c1ccccc1)n1cc(Cl)c(Cl)c1O. The van der Waals surface area contributed by atoms with Crippen molar-refractivity contribution in [2.24, 2.45) is 0 Å². The van der Waals surface area contributed by atoms with Gasteiger partial charge in [0.1, 0.15) is 5.02 Å². The van der Waals surface area contributed by atoms with Crippen LogP contribution >= 0.6 is 23.2 Å². The lowest BCUT2D eigenvalue weighted by Crippen LogP contribution is -2.04. The van der Waals surface area contributed by atoms with Crippen LogP contribution in [0.5, 0.6) is 5.88 Å². The predicted octanol–water partition coefficient (Wildman–Crippen LogP) is 4.11. The quantitative estimate of drug-likeness (QED) is 0.859. The summed E-state index contributed by atoms with van der Waals surface area (Å²) in [6, 6.07) is 9.83. The molecule has 0 fully saturated rings. The Morgan fingerprint density at radius 1 is 1.19 bits per heavy atom. The van der Waals surface area contributed by atoms with Gasteiger partial charge in [0.2, 0.25) is 5.88 Å². The summed E-state index contributed by atoms with van der Waals surface area (Å²) in [6.45, 7) is 1.97. The topological polar surface area (TPSA) is 25.2 Å². The molecule has 0 spiro atoms. The molecular weight excluding hydrogens is 245 g/mol. The fraction of sp³-hybridized carbons (Fsp3) is 0.167. The zero-order chi connectivity index (χ0) is 11.7. The van der Waals surface area contributed by atoms with Crippen LogP contribution in [0.2, 0.25) is 10.0 Å². The van der Waals surface area contributed by atoms with Crippen molar-refractivity contribution in [2.45, 2.75) is 13.0 Å². The molecule has 1 aromatic carbocycles. The largest absolute Gasteiger partial charge is 0.493 e. The Labute approximate surface area is 104 Å². The predicted molar refractivity (Wildman–Crippen MR) is 66.4 cm³/mol. The lowest BCUT2D eigenvalue weighted by Gasteiger charge is -2.15. The molecule has 0 aliphatic carbocycles. The highest BCUT2D eigenvalue weighted by Gasteiger charge is 2.16. The van der Waals surface area contributed by atoms with E-state index in [1.807, 2.05) is 37.3 Å². The number of aromatic hydroxyl groups is 1. The number of nitrogens with zero attached hydrogens (tertiary/aromatic N) is 1. The van der Waals surface area contributed by atoms with Crippen LogP contribution in [0.1, 0.15) is 18.5 Å². The van der Waals surface area contributed by atoms with E-state index in [0.29, 0.717) is 5.02 Å². The summed E-state index contributed by atoms with van der Waals surface area (Å²) in [7, 11) is 0. The van der Waals surface area contributed by atoms with Gasteiger partial charge < -0.3 is 9.67 Å². The zero-order valence-electron chi connectivity index (χ0n) is 8.69. The molecule has 1 heterocycles. The average Bonchev–Trinajstić information content (AvgIpc) is 2.57. The Morgan fingerprint density at radius 3 is 2.31 bits per heavy atom. The van der Waals surface area contributed by atoms with Crippen LogP contribution < -0.4 is 0 Å². The molecule has 1 unspecified atom stereocenters. The summed E-state index contributed by atoms with van der Waals surface area (Å²) in [5.41, 5.74) is 1.08. The van der Waals surface area contributed by atoms with Crippen molar-refractivity contribution in [3.63, 3.8) is 0 Å². The van der Waals surface area contributed by atoms with Gasteiger partial charge in [-0.1, -0.05) is 53.5 Å². The summed E-state index contributed by atoms with van der Waals surface area (Å²) in [4.78, 5) is 0. The van der Waals surface area contributed by atoms with Gasteiger partial charge in [0, 0.05) is 6.20 Å². The van der Waals surface area contributed by atoms with Gasteiger partial charge in [-0.15, -0.1) is 0 Å². The van der Waals surface area contributed by atoms with E-state index in [1.54, 1.807) is 10.8 Å². The second-order valence-electron chi connectivity index (χ2n) is 3.61. The molecule has 1 atom stereocenters. The fourth-order valence-electron chi connectivity index (χ4n) is 1.65. The molecule has 0 amide bonds. The Bertz CT molecular complexity index is 493. The summed E-state index contributed by atoms with van der Waals surface area (Å²) in [6.07, 6.45) is 1.64. The molecule has 0 aliphatic rings. The number of hydrogen-bond donors (Lipinski definition) is 1. The molecule has 2 aromatic rings. The van der Waals surface area contributed by atoms with E-state index in [1.165, 1.54) is 0 Å². The normalized spacial score (nSPS) is 12.7. The Balaban J connectivity index is 2.42. The molecule has 4 heteroatoms. The van der Waals surface area contributed by atoms with E-state index in [-0.39, 0.29) is 16.9 Å². The maximum absolute atomic E-state index is 9.80. The summed E-state index contributed by atoms with van der Waals surface area (Å²) in [5.74, 6) is 0.00280. The summed E-state index contributed by atoms with van der Waals surface area (Å²) >= 11 is 11.7. The molecule has 16 heavy (non-hydrogen) atoms. The molecule has 2 nitrogen and oxygen atoms in total. The van der Waals surface area contributed by atoms with Crippen LogP contribution in [-0.2, 0) is 0 Å². The highest BCUT2D eigenvalue weighted by Crippen LogP contribution is 2.36. The van der Waals surface area contributed by atoms with Crippen LogP contribution in [0, 0.1) is 0 Å². The van der Waals surface area contributed by atoms with Gasteiger partial charge in [0.25, 0.3) is 0 Å². The maximum Gasteiger partial charge on any atom is 0.212 e. The summed E-state index contributed by atoms with van der Waals surface area (Å²) < 4.78 is 1.65. The molecule has 1 aromatic heterocycles. The van der Waals surface area contributed by atoms with Crippen LogP contribution in [0.4, 0.5) is 0 Å². The van der Waals surface area contributed by atoms with E-state index in [4.69, 9.17) is 23.2 Å². The molecule has 0 radical (unpaired) electrons. The van der Waals surface area contributed by atoms with E-state index < -0.39 is 0 Å². The van der Waals surface area contributed by atoms with Gasteiger partial charge >= 0.3 is 0 Å². The molecule has 84 valence electrons. The lowest BCUT2D eigenvalue weighted by molar-refractivity contribution is 0.407.